The summed E-state index contributed by atoms with van der Waals surface area (Å²) in [6.07, 6.45) is 0. The zero-order chi connectivity index (χ0) is 15.6. The first-order chi connectivity index (χ1) is 9.93. The predicted octanol–water partition coefficient (Wildman–Crippen LogP) is 2.67. The van der Waals surface area contributed by atoms with Gasteiger partial charge in [0.15, 0.2) is 5.13 Å². The molecule has 2 rings (SSSR count). The topological polar surface area (TPSA) is 63.4 Å². The second-order valence-corrected chi connectivity index (χ2v) is 6.23. The highest BCUT2D eigenvalue weighted by atomic mass is 32.1. The van der Waals surface area contributed by atoms with Gasteiger partial charge in [0, 0.05) is 32.2 Å². The van der Waals surface area contributed by atoms with E-state index < -0.39 is 0 Å². The summed E-state index contributed by atoms with van der Waals surface area (Å²) in [4.78, 5) is 7.52. The van der Waals surface area contributed by atoms with Crippen molar-refractivity contribution < 1.29 is 9.26 Å². The van der Waals surface area contributed by atoms with Gasteiger partial charge in [0.05, 0.1) is 17.7 Å². The number of aromatic nitrogens is 2. The number of methoxy groups -OCH3 is 1. The Kier molecular flexibility index (Phi) is 4.84. The van der Waals surface area contributed by atoms with Gasteiger partial charge in [0.25, 0.3) is 0 Å². The largest absolute Gasteiger partial charge is 0.480 e. The summed E-state index contributed by atoms with van der Waals surface area (Å²) < 4.78 is 10.6. The molecule has 0 amide bonds. The van der Waals surface area contributed by atoms with Gasteiger partial charge in [-0.1, -0.05) is 16.5 Å². The highest BCUT2D eigenvalue weighted by molar-refractivity contribution is 7.15. The van der Waals surface area contributed by atoms with E-state index in [1.165, 1.54) is 0 Å². The van der Waals surface area contributed by atoms with Crippen molar-refractivity contribution in [1.29, 1.82) is 0 Å². The molecule has 21 heavy (non-hydrogen) atoms. The molecule has 7 heteroatoms. The number of hydrogen-bond acceptors (Lipinski definition) is 7. The molecule has 2 heterocycles. The van der Waals surface area contributed by atoms with Gasteiger partial charge in [-0.2, -0.15) is 4.98 Å². The van der Waals surface area contributed by atoms with E-state index in [0.29, 0.717) is 12.4 Å². The standard InChI is InChI=1S/C14H22N4O2S/c1-8(12-9(2)17-20-10(12)3)15-7-11-13(19-6)16-14(21-11)18(4)5/h8,15H,7H2,1-6H3. The van der Waals surface area contributed by atoms with E-state index in [0.717, 1.165) is 27.0 Å². The zero-order valence-corrected chi connectivity index (χ0v) is 14.2. The molecule has 6 nitrogen and oxygen atoms in total. The van der Waals surface area contributed by atoms with Gasteiger partial charge in [0.2, 0.25) is 5.88 Å². The molecule has 2 aromatic heterocycles. The van der Waals surface area contributed by atoms with Gasteiger partial charge < -0.3 is 19.5 Å². The molecule has 116 valence electrons. The van der Waals surface area contributed by atoms with Crippen molar-refractivity contribution in [2.75, 3.05) is 26.1 Å². The molecule has 0 aromatic carbocycles. The minimum atomic E-state index is 0.158. The smallest absolute Gasteiger partial charge is 0.230 e. The van der Waals surface area contributed by atoms with Gasteiger partial charge in [0.1, 0.15) is 5.76 Å². The maximum atomic E-state index is 5.35. The lowest BCUT2D eigenvalue weighted by Crippen LogP contribution is -2.18. The van der Waals surface area contributed by atoms with Crippen molar-refractivity contribution in [3.05, 3.63) is 21.9 Å². The molecule has 0 fully saturated rings. The molecule has 0 saturated carbocycles. The maximum Gasteiger partial charge on any atom is 0.230 e. The highest BCUT2D eigenvalue weighted by Crippen LogP contribution is 2.31. The van der Waals surface area contributed by atoms with E-state index in [1.54, 1.807) is 18.4 Å². The van der Waals surface area contributed by atoms with Crippen LogP contribution in [0.15, 0.2) is 4.52 Å². The fourth-order valence-corrected chi connectivity index (χ4v) is 3.15. The summed E-state index contributed by atoms with van der Waals surface area (Å²) in [5.74, 6) is 1.54. The van der Waals surface area contributed by atoms with Crippen molar-refractivity contribution in [3.63, 3.8) is 0 Å². The van der Waals surface area contributed by atoms with Crippen molar-refractivity contribution in [2.45, 2.75) is 33.4 Å². The Morgan fingerprint density at radius 3 is 2.62 bits per heavy atom. The second kappa shape index (κ2) is 6.44. The number of anilines is 1. The van der Waals surface area contributed by atoms with E-state index in [4.69, 9.17) is 9.26 Å². The van der Waals surface area contributed by atoms with Crippen LogP contribution in [-0.2, 0) is 6.54 Å². The number of aryl methyl sites for hydroxylation is 2. The SMILES string of the molecule is COc1nc(N(C)C)sc1CNC(C)c1c(C)noc1C. The normalized spacial score (nSPS) is 12.5. The average molecular weight is 310 g/mol. The Labute approximate surface area is 129 Å². The minimum absolute atomic E-state index is 0.158. The predicted molar refractivity (Wildman–Crippen MR) is 84.2 cm³/mol. The Balaban J connectivity index is 2.09. The van der Waals surface area contributed by atoms with Gasteiger partial charge in [-0.25, -0.2) is 0 Å². The molecule has 1 N–H and O–H groups in total. The van der Waals surface area contributed by atoms with Crippen LogP contribution < -0.4 is 15.0 Å². The lowest BCUT2D eigenvalue weighted by Gasteiger charge is -2.13. The van der Waals surface area contributed by atoms with Crippen LogP contribution in [0.25, 0.3) is 0 Å². The molecular formula is C14H22N4O2S. The van der Waals surface area contributed by atoms with Crippen LogP contribution in [0.2, 0.25) is 0 Å². The van der Waals surface area contributed by atoms with Crippen molar-refractivity contribution in [2.24, 2.45) is 0 Å². The molecule has 1 unspecified atom stereocenters. The van der Waals surface area contributed by atoms with Crippen molar-refractivity contribution in [3.8, 4) is 5.88 Å². The highest BCUT2D eigenvalue weighted by Gasteiger charge is 2.18. The third-order valence-corrected chi connectivity index (χ3v) is 4.52. The average Bonchev–Trinajstić information content (AvgIpc) is 3.00. The molecule has 1 atom stereocenters. The molecule has 0 aliphatic heterocycles. The fraction of sp³-hybridized carbons (Fsp3) is 0.571. The van der Waals surface area contributed by atoms with Gasteiger partial charge in [-0.05, 0) is 20.8 Å². The van der Waals surface area contributed by atoms with Crippen LogP contribution in [0.1, 0.15) is 34.9 Å². The van der Waals surface area contributed by atoms with E-state index in [9.17, 15) is 0 Å². The Bertz CT molecular complexity index is 587. The van der Waals surface area contributed by atoms with E-state index in [1.807, 2.05) is 32.8 Å². The summed E-state index contributed by atoms with van der Waals surface area (Å²) >= 11 is 1.63. The number of rotatable bonds is 6. The van der Waals surface area contributed by atoms with Crippen LogP contribution in [0, 0.1) is 13.8 Å². The summed E-state index contributed by atoms with van der Waals surface area (Å²) in [6.45, 7) is 6.69. The quantitative estimate of drug-likeness (QED) is 0.885. The molecular weight excluding hydrogens is 288 g/mol. The van der Waals surface area contributed by atoms with Crippen molar-refractivity contribution in [1.82, 2.24) is 15.5 Å². The van der Waals surface area contributed by atoms with Crippen LogP contribution in [0.4, 0.5) is 5.13 Å². The lowest BCUT2D eigenvalue weighted by molar-refractivity contribution is 0.389. The van der Waals surface area contributed by atoms with E-state index >= 15 is 0 Å². The Morgan fingerprint density at radius 1 is 1.38 bits per heavy atom. The van der Waals surface area contributed by atoms with Crippen LogP contribution in [0.3, 0.4) is 0 Å². The third-order valence-electron chi connectivity index (χ3n) is 3.32. The maximum absolute atomic E-state index is 5.35. The Hall–Kier alpha value is -1.60. The van der Waals surface area contributed by atoms with Gasteiger partial charge in [-0.3, -0.25) is 0 Å². The zero-order valence-electron chi connectivity index (χ0n) is 13.4. The second-order valence-electron chi connectivity index (χ2n) is 5.16. The summed E-state index contributed by atoms with van der Waals surface area (Å²) in [5, 5.41) is 8.42. The lowest BCUT2D eigenvalue weighted by atomic mass is 10.1. The van der Waals surface area contributed by atoms with Crippen LogP contribution >= 0.6 is 11.3 Å². The van der Waals surface area contributed by atoms with E-state index in [2.05, 4.69) is 22.4 Å². The molecule has 0 saturated heterocycles. The van der Waals surface area contributed by atoms with Crippen molar-refractivity contribution >= 4 is 16.5 Å². The monoisotopic (exact) mass is 310 g/mol. The number of nitrogens with zero attached hydrogens (tertiary/aromatic N) is 3. The summed E-state index contributed by atoms with van der Waals surface area (Å²) in [7, 11) is 5.60. The van der Waals surface area contributed by atoms with E-state index in [-0.39, 0.29) is 6.04 Å². The number of nitrogens with one attached hydrogen (secondary N) is 1. The number of ether oxygens (including phenoxy) is 1. The first kappa shape index (κ1) is 15.8. The molecule has 0 aliphatic rings. The van der Waals surface area contributed by atoms with Crippen LogP contribution in [0.5, 0.6) is 5.88 Å². The summed E-state index contributed by atoms with van der Waals surface area (Å²) in [5.41, 5.74) is 2.05. The first-order valence-electron chi connectivity index (χ1n) is 6.81. The Morgan fingerprint density at radius 2 is 2.10 bits per heavy atom. The first-order valence-corrected chi connectivity index (χ1v) is 7.62. The number of thiazole rings is 1. The third kappa shape index (κ3) is 3.36. The molecule has 0 radical (unpaired) electrons. The molecule has 2 aromatic rings. The van der Waals surface area contributed by atoms with Gasteiger partial charge in [-0.15, -0.1) is 0 Å². The minimum Gasteiger partial charge on any atom is -0.480 e. The van der Waals surface area contributed by atoms with Gasteiger partial charge >= 0.3 is 0 Å². The molecule has 0 spiro atoms. The fourth-order valence-electron chi connectivity index (χ4n) is 2.24. The number of hydrogen-bond donors (Lipinski definition) is 1. The molecule has 0 bridgehead atoms. The summed E-state index contributed by atoms with van der Waals surface area (Å²) in [6, 6.07) is 0.158. The van der Waals surface area contributed by atoms with Crippen LogP contribution in [-0.4, -0.2) is 31.3 Å². The molecule has 0 aliphatic carbocycles.